The van der Waals surface area contributed by atoms with Gasteiger partial charge in [0.25, 0.3) is 0 Å². The fourth-order valence-corrected chi connectivity index (χ4v) is 4.18. The van der Waals surface area contributed by atoms with Crippen molar-refractivity contribution < 1.29 is 4.42 Å². The normalized spacial score (nSPS) is 16.7. The molecule has 0 amide bonds. The molecule has 1 aromatic carbocycles. The molecule has 6 nitrogen and oxygen atoms in total. The van der Waals surface area contributed by atoms with Crippen LogP contribution in [-0.2, 0) is 0 Å². The Bertz CT molecular complexity index is 1170. The van der Waals surface area contributed by atoms with E-state index < -0.39 is 0 Å². The van der Waals surface area contributed by atoms with E-state index in [0.29, 0.717) is 11.8 Å². The van der Waals surface area contributed by atoms with Gasteiger partial charge in [0.1, 0.15) is 6.17 Å². The second-order valence-corrected chi connectivity index (χ2v) is 7.27. The number of fused-ring (bicyclic) bond motifs is 4. The molecule has 1 unspecified atom stereocenters. The van der Waals surface area contributed by atoms with Crippen molar-refractivity contribution in [2.75, 3.05) is 9.80 Å². The standard InChI is InChI=1S/C21H21N5O/c1-12(2)25-14(4)26(20-19(25)22-10-11-23-20)17-13(3)7-8-15-16-6-5-9-24-21(16)27-18(15)17/h5-12,14H,1-4H3. The molecule has 1 aliphatic heterocycles. The number of aromatic nitrogens is 3. The quantitative estimate of drug-likeness (QED) is 0.513. The van der Waals surface area contributed by atoms with Gasteiger partial charge in [-0.3, -0.25) is 4.90 Å². The van der Waals surface area contributed by atoms with Gasteiger partial charge in [0.2, 0.25) is 5.71 Å². The molecular weight excluding hydrogens is 338 g/mol. The van der Waals surface area contributed by atoms with Crippen molar-refractivity contribution in [1.82, 2.24) is 15.0 Å². The number of benzene rings is 1. The van der Waals surface area contributed by atoms with Crippen molar-refractivity contribution in [2.24, 2.45) is 0 Å². The van der Waals surface area contributed by atoms with Gasteiger partial charge in [-0.15, -0.1) is 0 Å². The molecule has 5 rings (SSSR count). The predicted molar refractivity (Wildman–Crippen MR) is 108 cm³/mol. The molecule has 0 radical (unpaired) electrons. The summed E-state index contributed by atoms with van der Waals surface area (Å²) in [6.07, 6.45) is 5.34. The van der Waals surface area contributed by atoms with Gasteiger partial charge in [0, 0.05) is 35.4 Å². The summed E-state index contributed by atoms with van der Waals surface area (Å²) in [5.74, 6) is 1.77. The lowest BCUT2D eigenvalue weighted by Crippen LogP contribution is -2.42. The SMILES string of the molecule is Cc1ccc2c(oc3ncccc32)c1N1c2nccnc2N(C(C)C)C1C. The molecule has 0 fully saturated rings. The summed E-state index contributed by atoms with van der Waals surface area (Å²) in [7, 11) is 0. The van der Waals surface area contributed by atoms with E-state index in [1.165, 1.54) is 0 Å². The number of hydrogen-bond acceptors (Lipinski definition) is 6. The number of pyridine rings is 1. The zero-order valence-electron chi connectivity index (χ0n) is 15.8. The first-order valence-electron chi connectivity index (χ1n) is 9.23. The van der Waals surface area contributed by atoms with Gasteiger partial charge >= 0.3 is 0 Å². The van der Waals surface area contributed by atoms with Gasteiger partial charge in [0.05, 0.1) is 5.69 Å². The summed E-state index contributed by atoms with van der Waals surface area (Å²) < 4.78 is 6.22. The van der Waals surface area contributed by atoms with E-state index in [0.717, 1.165) is 39.2 Å². The highest BCUT2D eigenvalue weighted by atomic mass is 16.3. The highest BCUT2D eigenvalue weighted by Crippen LogP contribution is 2.46. The monoisotopic (exact) mass is 359 g/mol. The first-order valence-corrected chi connectivity index (χ1v) is 9.23. The fourth-order valence-electron chi connectivity index (χ4n) is 4.18. The third kappa shape index (κ3) is 2.16. The molecule has 4 heterocycles. The zero-order valence-corrected chi connectivity index (χ0v) is 15.8. The van der Waals surface area contributed by atoms with Gasteiger partial charge in [-0.1, -0.05) is 12.1 Å². The highest BCUT2D eigenvalue weighted by molar-refractivity contribution is 6.09. The van der Waals surface area contributed by atoms with Crippen LogP contribution in [0.1, 0.15) is 26.3 Å². The number of rotatable bonds is 2. The number of hydrogen-bond donors (Lipinski definition) is 0. The van der Waals surface area contributed by atoms with Crippen molar-refractivity contribution in [2.45, 2.75) is 39.9 Å². The third-order valence-electron chi connectivity index (χ3n) is 5.30. The van der Waals surface area contributed by atoms with Gasteiger partial charge in [0.15, 0.2) is 17.2 Å². The molecule has 0 bridgehead atoms. The Morgan fingerprint density at radius 1 is 0.963 bits per heavy atom. The lowest BCUT2D eigenvalue weighted by Gasteiger charge is -2.32. The molecule has 1 atom stereocenters. The smallest absolute Gasteiger partial charge is 0.227 e. The minimum absolute atomic E-state index is 0.0767. The predicted octanol–water partition coefficient (Wildman–Crippen LogP) is 4.79. The van der Waals surface area contributed by atoms with E-state index in [2.05, 4.69) is 70.6 Å². The molecule has 0 aliphatic carbocycles. The molecule has 0 N–H and O–H groups in total. The van der Waals surface area contributed by atoms with Gasteiger partial charge < -0.3 is 9.32 Å². The van der Waals surface area contributed by atoms with Crippen molar-refractivity contribution in [1.29, 1.82) is 0 Å². The Morgan fingerprint density at radius 2 is 1.74 bits per heavy atom. The van der Waals surface area contributed by atoms with Crippen LogP contribution in [0.15, 0.2) is 47.3 Å². The molecule has 136 valence electrons. The van der Waals surface area contributed by atoms with Crippen LogP contribution in [0.25, 0.3) is 22.1 Å². The minimum atomic E-state index is 0.0767. The fraction of sp³-hybridized carbons (Fsp3) is 0.286. The van der Waals surface area contributed by atoms with Crippen molar-refractivity contribution in [3.63, 3.8) is 0 Å². The van der Waals surface area contributed by atoms with Gasteiger partial charge in [-0.05, 0) is 45.4 Å². The van der Waals surface area contributed by atoms with Crippen LogP contribution in [0.5, 0.6) is 0 Å². The van der Waals surface area contributed by atoms with E-state index >= 15 is 0 Å². The van der Waals surface area contributed by atoms with Crippen LogP contribution in [0.2, 0.25) is 0 Å². The van der Waals surface area contributed by atoms with Crippen LogP contribution in [-0.4, -0.2) is 27.2 Å². The molecule has 4 aromatic rings. The summed E-state index contributed by atoms with van der Waals surface area (Å²) in [5, 5.41) is 2.10. The molecule has 6 heteroatoms. The van der Waals surface area contributed by atoms with E-state index in [-0.39, 0.29) is 6.17 Å². The average molecular weight is 359 g/mol. The molecule has 27 heavy (non-hydrogen) atoms. The van der Waals surface area contributed by atoms with E-state index in [1.807, 2.05) is 6.07 Å². The average Bonchev–Trinajstić information content (AvgIpc) is 3.17. The van der Waals surface area contributed by atoms with Crippen molar-refractivity contribution >= 4 is 39.4 Å². The van der Waals surface area contributed by atoms with Crippen molar-refractivity contribution in [3.05, 3.63) is 48.4 Å². The maximum atomic E-state index is 6.22. The topological polar surface area (TPSA) is 58.3 Å². The number of aryl methyl sites for hydroxylation is 1. The second-order valence-electron chi connectivity index (χ2n) is 7.27. The van der Waals surface area contributed by atoms with Gasteiger partial charge in [-0.25, -0.2) is 15.0 Å². The Morgan fingerprint density at radius 3 is 2.52 bits per heavy atom. The summed E-state index contributed by atoms with van der Waals surface area (Å²) in [6, 6.07) is 8.55. The van der Waals surface area contributed by atoms with Crippen molar-refractivity contribution in [3.8, 4) is 0 Å². The molecule has 0 saturated heterocycles. The Labute approximate surface area is 157 Å². The maximum Gasteiger partial charge on any atom is 0.227 e. The van der Waals surface area contributed by atoms with E-state index in [9.17, 15) is 0 Å². The highest BCUT2D eigenvalue weighted by Gasteiger charge is 2.39. The van der Waals surface area contributed by atoms with E-state index in [1.54, 1.807) is 18.6 Å². The minimum Gasteiger partial charge on any atom is -0.435 e. The summed E-state index contributed by atoms with van der Waals surface area (Å²) in [4.78, 5) is 18.2. The second kappa shape index (κ2) is 5.67. The Hall–Kier alpha value is -3.15. The lowest BCUT2D eigenvalue weighted by atomic mass is 10.1. The number of nitrogens with zero attached hydrogens (tertiary/aromatic N) is 5. The first-order chi connectivity index (χ1) is 13.1. The largest absolute Gasteiger partial charge is 0.435 e. The summed E-state index contributed by atoms with van der Waals surface area (Å²) >= 11 is 0. The van der Waals surface area contributed by atoms with Crippen LogP contribution >= 0.6 is 0 Å². The van der Waals surface area contributed by atoms with E-state index in [4.69, 9.17) is 4.42 Å². The maximum absolute atomic E-state index is 6.22. The summed E-state index contributed by atoms with van der Waals surface area (Å²) in [5.41, 5.74) is 3.67. The van der Waals surface area contributed by atoms with Crippen LogP contribution < -0.4 is 9.80 Å². The van der Waals surface area contributed by atoms with Crippen LogP contribution in [0.3, 0.4) is 0 Å². The Balaban J connectivity index is 1.82. The molecule has 3 aromatic heterocycles. The molecular formula is C21H21N5O. The summed E-state index contributed by atoms with van der Waals surface area (Å²) in [6.45, 7) is 8.65. The van der Waals surface area contributed by atoms with Crippen LogP contribution in [0.4, 0.5) is 17.3 Å². The third-order valence-corrected chi connectivity index (χ3v) is 5.30. The lowest BCUT2D eigenvalue weighted by molar-refractivity contribution is 0.597. The van der Waals surface area contributed by atoms with Gasteiger partial charge in [-0.2, -0.15) is 0 Å². The number of furan rings is 1. The van der Waals surface area contributed by atoms with Crippen LogP contribution in [0, 0.1) is 6.92 Å². The molecule has 1 aliphatic rings. The molecule has 0 saturated carbocycles. The zero-order chi connectivity index (χ0) is 18.7. The number of anilines is 3. The Kier molecular flexibility index (Phi) is 3.37. The first kappa shape index (κ1) is 16.1. The molecule has 0 spiro atoms.